The highest BCUT2D eigenvalue weighted by molar-refractivity contribution is 7.21. The number of nitrogens with two attached hydrogens (primary N) is 1. The summed E-state index contributed by atoms with van der Waals surface area (Å²) >= 11 is 0.995. The number of fused-ring (bicyclic) bond motifs is 2. The Kier molecular flexibility index (Phi) is 4.99. The maximum atomic E-state index is 14.0. The summed E-state index contributed by atoms with van der Waals surface area (Å²) in [7, 11) is 1.97. The lowest BCUT2D eigenvalue weighted by Gasteiger charge is -2.32. The molecule has 1 fully saturated rings. The number of likely N-dealkylation sites (N-methyl/N-ethyl adjacent to an activating group) is 1. The molecule has 0 bridgehead atoms. The molecule has 1 amide bonds. The van der Waals surface area contributed by atoms with Gasteiger partial charge < -0.3 is 15.5 Å². The highest BCUT2D eigenvalue weighted by atomic mass is 32.1. The third-order valence-electron chi connectivity index (χ3n) is 5.67. The number of hydrogen-bond acceptors (Lipinski definition) is 5. The van der Waals surface area contributed by atoms with E-state index in [0.29, 0.717) is 38.0 Å². The Labute approximate surface area is 165 Å². The Bertz CT molecular complexity index is 916. The number of thiophene rings is 1. The number of rotatable bonds is 1. The van der Waals surface area contributed by atoms with Gasteiger partial charge in [0.05, 0.1) is 11.3 Å². The van der Waals surface area contributed by atoms with E-state index in [4.69, 9.17) is 5.73 Å². The van der Waals surface area contributed by atoms with Crippen LogP contribution in [-0.2, 0) is 19.0 Å². The third-order valence-corrected chi connectivity index (χ3v) is 6.76. The average molecular weight is 412 g/mol. The molecule has 152 valence electrons. The quantitative estimate of drug-likeness (QED) is 0.728. The molecule has 0 spiro atoms. The van der Waals surface area contributed by atoms with Crippen molar-refractivity contribution in [3.63, 3.8) is 0 Å². The number of halogens is 3. The van der Waals surface area contributed by atoms with Crippen molar-refractivity contribution in [2.24, 2.45) is 0 Å². The van der Waals surface area contributed by atoms with Crippen LogP contribution in [0.2, 0.25) is 0 Å². The lowest BCUT2D eigenvalue weighted by atomic mass is 9.98. The van der Waals surface area contributed by atoms with Crippen LogP contribution in [0.4, 0.5) is 18.9 Å². The molecule has 0 atom stereocenters. The molecule has 2 N–H and O–H groups in total. The Balaban J connectivity index is 1.85. The topological polar surface area (TPSA) is 62.5 Å². The van der Waals surface area contributed by atoms with Crippen molar-refractivity contribution in [2.75, 3.05) is 39.0 Å². The monoisotopic (exact) mass is 412 g/mol. The maximum absolute atomic E-state index is 14.0. The molecular weight excluding hydrogens is 389 g/mol. The summed E-state index contributed by atoms with van der Waals surface area (Å²) in [6, 6.07) is 0. The lowest BCUT2D eigenvalue weighted by Crippen LogP contribution is -2.47. The number of hydrogen-bond donors (Lipinski definition) is 1. The van der Waals surface area contributed by atoms with Crippen molar-refractivity contribution in [3.05, 3.63) is 21.7 Å². The van der Waals surface area contributed by atoms with Gasteiger partial charge in [-0.25, -0.2) is 4.98 Å². The van der Waals surface area contributed by atoms with E-state index >= 15 is 0 Å². The van der Waals surface area contributed by atoms with E-state index in [-0.39, 0.29) is 32.3 Å². The fourth-order valence-corrected chi connectivity index (χ4v) is 5.20. The van der Waals surface area contributed by atoms with Gasteiger partial charge in [0, 0.05) is 37.3 Å². The van der Waals surface area contributed by atoms with Gasteiger partial charge >= 0.3 is 6.18 Å². The van der Waals surface area contributed by atoms with Gasteiger partial charge in [0.25, 0.3) is 5.91 Å². The Morgan fingerprint density at radius 2 is 1.79 bits per heavy atom. The molecule has 0 aromatic carbocycles. The summed E-state index contributed by atoms with van der Waals surface area (Å²) in [6.45, 7) is 2.55. The molecule has 28 heavy (non-hydrogen) atoms. The fourth-order valence-electron chi connectivity index (χ4n) is 4.11. The van der Waals surface area contributed by atoms with Gasteiger partial charge in [-0.2, -0.15) is 13.2 Å². The highest BCUT2D eigenvalue weighted by Crippen LogP contribution is 2.45. The molecule has 0 saturated carbocycles. The van der Waals surface area contributed by atoms with Crippen molar-refractivity contribution in [3.8, 4) is 0 Å². The predicted octanol–water partition coefficient (Wildman–Crippen LogP) is 3.55. The minimum atomic E-state index is -4.53. The number of aryl methyl sites for hydroxylation is 1. The van der Waals surface area contributed by atoms with E-state index in [1.54, 1.807) is 4.90 Å². The van der Waals surface area contributed by atoms with E-state index in [1.807, 2.05) is 7.05 Å². The number of aromatic nitrogens is 1. The number of carbonyl (C=O) groups excluding carboxylic acids is 1. The first-order valence-corrected chi connectivity index (χ1v) is 10.4. The second kappa shape index (κ2) is 7.18. The molecule has 5 nitrogen and oxygen atoms in total. The van der Waals surface area contributed by atoms with Crippen molar-refractivity contribution in [2.45, 2.75) is 38.3 Å². The van der Waals surface area contributed by atoms with E-state index in [9.17, 15) is 18.0 Å². The second-order valence-corrected chi connectivity index (χ2v) is 8.59. The number of nitrogens with zero attached hydrogens (tertiary/aromatic N) is 3. The van der Waals surface area contributed by atoms with Crippen LogP contribution in [0.1, 0.15) is 45.8 Å². The second-order valence-electron chi connectivity index (χ2n) is 7.59. The summed E-state index contributed by atoms with van der Waals surface area (Å²) in [5.74, 6) is -0.295. The maximum Gasteiger partial charge on any atom is 0.417 e. The molecule has 2 aromatic rings. The number of amides is 1. The van der Waals surface area contributed by atoms with Crippen molar-refractivity contribution in [1.29, 1.82) is 0 Å². The van der Waals surface area contributed by atoms with Crippen molar-refractivity contribution < 1.29 is 18.0 Å². The fraction of sp³-hybridized carbons (Fsp3) is 0.579. The average Bonchev–Trinajstić information content (AvgIpc) is 2.80. The van der Waals surface area contributed by atoms with Crippen LogP contribution in [-0.4, -0.2) is 53.9 Å². The van der Waals surface area contributed by atoms with E-state index < -0.39 is 11.7 Å². The summed E-state index contributed by atoms with van der Waals surface area (Å²) in [5, 5.41) is -0.0874. The predicted molar refractivity (Wildman–Crippen MR) is 104 cm³/mol. The first-order chi connectivity index (χ1) is 13.3. The molecule has 3 heterocycles. The normalized spacial score (nSPS) is 18.9. The Morgan fingerprint density at radius 1 is 1.11 bits per heavy atom. The number of anilines is 1. The third kappa shape index (κ3) is 3.34. The summed E-state index contributed by atoms with van der Waals surface area (Å²) in [5.41, 5.74) is 6.18. The van der Waals surface area contributed by atoms with Gasteiger partial charge in [-0.05, 0) is 38.3 Å². The number of alkyl halides is 3. The molecule has 1 aliphatic carbocycles. The standard InChI is InChI=1S/C19H23F3N4OS/c1-25-7-9-26(10-8-25)18(27)16-15(23)13-14(19(20,21)22)11-5-3-2-4-6-12(11)24-17(13)28-16/h2-10,23H2,1H3. The van der Waals surface area contributed by atoms with Gasteiger partial charge in [0.1, 0.15) is 9.71 Å². The van der Waals surface area contributed by atoms with Crippen LogP contribution in [0.5, 0.6) is 0 Å². The summed E-state index contributed by atoms with van der Waals surface area (Å²) < 4.78 is 42.1. The van der Waals surface area contributed by atoms with Crippen LogP contribution < -0.4 is 5.73 Å². The SMILES string of the molecule is CN1CCN(C(=O)c2sc3nc4c(c(C(F)(F)F)c3c2N)CCCCC4)CC1. The number of pyridine rings is 1. The van der Waals surface area contributed by atoms with Crippen LogP contribution in [0.25, 0.3) is 10.2 Å². The van der Waals surface area contributed by atoms with Crippen LogP contribution >= 0.6 is 11.3 Å². The number of carbonyl (C=O) groups is 1. The largest absolute Gasteiger partial charge is 0.417 e. The van der Waals surface area contributed by atoms with Gasteiger partial charge in [0.15, 0.2) is 0 Å². The van der Waals surface area contributed by atoms with E-state index in [0.717, 1.165) is 37.3 Å². The molecule has 2 aromatic heterocycles. The molecular formula is C19H23F3N4OS. The zero-order chi connectivity index (χ0) is 20.1. The Hall–Kier alpha value is -1.87. The molecule has 1 aliphatic heterocycles. The minimum Gasteiger partial charge on any atom is -0.397 e. The molecule has 0 unspecified atom stereocenters. The molecule has 9 heteroatoms. The molecule has 2 aliphatic rings. The first kappa shape index (κ1) is 19.4. The molecule has 4 rings (SSSR count). The highest BCUT2D eigenvalue weighted by Gasteiger charge is 2.40. The zero-order valence-corrected chi connectivity index (χ0v) is 16.5. The Morgan fingerprint density at radius 3 is 2.46 bits per heavy atom. The van der Waals surface area contributed by atoms with Crippen LogP contribution in [0, 0.1) is 0 Å². The van der Waals surface area contributed by atoms with Crippen molar-refractivity contribution in [1.82, 2.24) is 14.8 Å². The van der Waals surface area contributed by atoms with Gasteiger partial charge in [0.2, 0.25) is 0 Å². The number of piperazine rings is 1. The van der Waals surface area contributed by atoms with Crippen molar-refractivity contribution >= 4 is 33.1 Å². The molecule has 0 radical (unpaired) electrons. The van der Waals surface area contributed by atoms with Gasteiger partial charge in [-0.1, -0.05) is 6.42 Å². The summed E-state index contributed by atoms with van der Waals surface area (Å²) in [4.78, 5) is 21.7. The lowest BCUT2D eigenvalue weighted by molar-refractivity contribution is -0.136. The van der Waals surface area contributed by atoms with Gasteiger partial charge in [-0.15, -0.1) is 11.3 Å². The summed E-state index contributed by atoms with van der Waals surface area (Å²) in [6.07, 6.45) is -1.21. The zero-order valence-electron chi connectivity index (χ0n) is 15.7. The van der Waals surface area contributed by atoms with E-state index in [1.165, 1.54) is 0 Å². The van der Waals surface area contributed by atoms with Gasteiger partial charge in [-0.3, -0.25) is 4.79 Å². The number of nitrogen functional groups attached to an aromatic ring is 1. The minimum absolute atomic E-state index is 0.0733. The first-order valence-electron chi connectivity index (χ1n) is 9.56. The smallest absolute Gasteiger partial charge is 0.397 e. The van der Waals surface area contributed by atoms with Crippen LogP contribution in [0.15, 0.2) is 0 Å². The van der Waals surface area contributed by atoms with E-state index in [2.05, 4.69) is 9.88 Å². The van der Waals surface area contributed by atoms with Crippen LogP contribution in [0.3, 0.4) is 0 Å². The molecule has 1 saturated heterocycles.